The van der Waals surface area contributed by atoms with E-state index in [0.29, 0.717) is 23.1 Å². The average Bonchev–Trinajstić information content (AvgIpc) is 2.86. The van der Waals surface area contributed by atoms with Gasteiger partial charge in [-0.2, -0.15) is 0 Å². The van der Waals surface area contributed by atoms with Crippen molar-refractivity contribution in [3.8, 4) is 17.2 Å². The molecule has 1 unspecified atom stereocenters. The molecule has 2 rings (SSSR count). The van der Waals surface area contributed by atoms with E-state index >= 15 is 0 Å². The van der Waals surface area contributed by atoms with Gasteiger partial charge in [-0.05, 0) is 12.1 Å². The zero-order chi connectivity index (χ0) is 13.8. The summed E-state index contributed by atoms with van der Waals surface area (Å²) in [7, 11) is 1.56. The van der Waals surface area contributed by atoms with E-state index in [2.05, 4.69) is 10.2 Å². The maximum Gasteiger partial charge on any atom is 0.306 e. The van der Waals surface area contributed by atoms with Gasteiger partial charge in [0, 0.05) is 6.42 Å². The molecule has 0 aliphatic heterocycles. The zero-order valence-corrected chi connectivity index (χ0v) is 10.7. The van der Waals surface area contributed by atoms with E-state index in [1.165, 1.54) is 0 Å². The van der Waals surface area contributed by atoms with E-state index in [1.54, 1.807) is 26.2 Å². The number of nitrogens with zero attached hydrogens (tertiary/aromatic N) is 2. The minimum Gasteiger partial charge on any atom is -0.496 e. The lowest BCUT2D eigenvalue weighted by molar-refractivity contribution is -0.141. The van der Waals surface area contributed by atoms with Crippen molar-refractivity contribution in [2.75, 3.05) is 7.11 Å². The molecule has 100 valence electrons. The van der Waals surface area contributed by atoms with Crippen molar-refractivity contribution < 1.29 is 19.1 Å². The molecule has 0 spiro atoms. The van der Waals surface area contributed by atoms with Gasteiger partial charge in [-0.25, -0.2) is 0 Å². The zero-order valence-electron chi connectivity index (χ0n) is 10.7. The molecule has 1 atom stereocenters. The Hall–Kier alpha value is -2.37. The molecular formula is C13H14N2O4. The monoisotopic (exact) mass is 262 g/mol. The number of rotatable bonds is 5. The van der Waals surface area contributed by atoms with Crippen LogP contribution in [-0.2, 0) is 11.2 Å². The van der Waals surface area contributed by atoms with Crippen molar-refractivity contribution in [1.29, 1.82) is 0 Å². The van der Waals surface area contributed by atoms with Crippen molar-refractivity contribution in [2.24, 2.45) is 5.92 Å². The van der Waals surface area contributed by atoms with Crippen LogP contribution in [0.5, 0.6) is 5.75 Å². The van der Waals surface area contributed by atoms with Gasteiger partial charge in [0.05, 0.1) is 18.6 Å². The molecule has 1 heterocycles. The molecule has 6 heteroatoms. The first-order valence-corrected chi connectivity index (χ1v) is 5.80. The van der Waals surface area contributed by atoms with E-state index in [9.17, 15) is 4.79 Å². The third kappa shape index (κ3) is 2.90. The quantitative estimate of drug-likeness (QED) is 0.887. The Labute approximate surface area is 110 Å². The summed E-state index contributed by atoms with van der Waals surface area (Å²) in [5.41, 5.74) is 0.687. The minimum atomic E-state index is -0.892. The second-order valence-corrected chi connectivity index (χ2v) is 4.14. The van der Waals surface area contributed by atoms with Gasteiger partial charge in [-0.1, -0.05) is 19.1 Å². The first kappa shape index (κ1) is 13.1. The molecule has 1 aromatic heterocycles. The number of carbonyl (C=O) groups is 1. The summed E-state index contributed by atoms with van der Waals surface area (Å²) in [6.07, 6.45) is 0.206. The first-order chi connectivity index (χ1) is 9.11. The predicted octanol–water partition coefficient (Wildman–Crippen LogP) is 2.01. The summed E-state index contributed by atoms with van der Waals surface area (Å²) in [5.74, 6) is -0.201. The van der Waals surface area contributed by atoms with Crippen LogP contribution in [0.4, 0.5) is 0 Å². The van der Waals surface area contributed by atoms with Gasteiger partial charge in [0.15, 0.2) is 0 Å². The lowest BCUT2D eigenvalue weighted by Gasteiger charge is -2.03. The largest absolute Gasteiger partial charge is 0.496 e. The molecule has 1 N–H and O–H groups in total. The number of para-hydroxylation sites is 1. The van der Waals surface area contributed by atoms with Crippen molar-refractivity contribution in [3.05, 3.63) is 30.2 Å². The van der Waals surface area contributed by atoms with Crippen LogP contribution in [-0.4, -0.2) is 28.4 Å². The molecule has 0 radical (unpaired) electrons. The molecular weight excluding hydrogens is 248 g/mol. The number of benzene rings is 1. The molecule has 1 aromatic carbocycles. The highest BCUT2D eigenvalue weighted by molar-refractivity contribution is 5.69. The Bertz CT molecular complexity index is 580. The number of hydrogen-bond acceptors (Lipinski definition) is 5. The summed E-state index contributed by atoms with van der Waals surface area (Å²) < 4.78 is 10.7. The Kier molecular flexibility index (Phi) is 3.79. The molecule has 0 bridgehead atoms. The fourth-order valence-electron chi connectivity index (χ4n) is 1.62. The number of carboxylic acid groups (broad SMARTS) is 1. The van der Waals surface area contributed by atoms with Crippen LogP contribution in [0.2, 0.25) is 0 Å². The first-order valence-electron chi connectivity index (χ1n) is 5.80. The van der Waals surface area contributed by atoms with Gasteiger partial charge < -0.3 is 14.3 Å². The van der Waals surface area contributed by atoms with Crippen molar-refractivity contribution in [2.45, 2.75) is 13.3 Å². The second-order valence-electron chi connectivity index (χ2n) is 4.14. The SMILES string of the molecule is COc1ccccc1-c1nnc(CC(C)C(=O)O)o1. The Balaban J connectivity index is 2.23. The van der Waals surface area contributed by atoms with Crippen LogP contribution in [0, 0.1) is 5.92 Å². The van der Waals surface area contributed by atoms with E-state index in [-0.39, 0.29) is 6.42 Å². The fraction of sp³-hybridized carbons (Fsp3) is 0.308. The van der Waals surface area contributed by atoms with Gasteiger partial charge in [-0.15, -0.1) is 10.2 Å². The van der Waals surface area contributed by atoms with E-state index in [4.69, 9.17) is 14.3 Å². The number of carboxylic acids is 1. The van der Waals surface area contributed by atoms with Crippen LogP contribution in [0.15, 0.2) is 28.7 Å². The molecule has 2 aromatic rings. The third-order valence-corrected chi connectivity index (χ3v) is 2.71. The van der Waals surface area contributed by atoms with E-state index in [0.717, 1.165) is 0 Å². The summed E-state index contributed by atoms with van der Waals surface area (Å²) >= 11 is 0. The number of ether oxygens (including phenoxy) is 1. The highest BCUT2D eigenvalue weighted by Crippen LogP contribution is 2.28. The van der Waals surface area contributed by atoms with Crippen LogP contribution in [0.1, 0.15) is 12.8 Å². The number of methoxy groups -OCH3 is 1. The Morgan fingerprint density at radius 1 is 1.42 bits per heavy atom. The molecule has 0 saturated heterocycles. The summed E-state index contributed by atoms with van der Waals surface area (Å²) in [5, 5.41) is 16.6. The number of aromatic nitrogens is 2. The maximum absolute atomic E-state index is 10.8. The lowest BCUT2D eigenvalue weighted by Crippen LogP contribution is -2.12. The topological polar surface area (TPSA) is 85.5 Å². The average molecular weight is 262 g/mol. The van der Waals surface area contributed by atoms with Gasteiger partial charge >= 0.3 is 5.97 Å². The minimum absolute atomic E-state index is 0.206. The van der Waals surface area contributed by atoms with Crippen molar-refractivity contribution in [1.82, 2.24) is 10.2 Å². The van der Waals surface area contributed by atoms with E-state index < -0.39 is 11.9 Å². The number of hydrogen-bond donors (Lipinski definition) is 1. The maximum atomic E-state index is 10.8. The normalized spacial score (nSPS) is 12.1. The van der Waals surface area contributed by atoms with E-state index in [1.807, 2.05) is 12.1 Å². The van der Waals surface area contributed by atoms with Gasteiger partial charge in [-0.3, -0.25) is 4.79 Å². The molecule has 0 aliphatic rings. The highest BCUT2D eigenvalue weighted by Gasteiger charge is 2.18. The van der Waals surface area contributed by atoms with Crippen molar-refractivity contribution >= 4 is 5.97 Å². The molecule has 0 fully saturated rings. The van der Waals surface area contributed by atoms with Crippen molar-refractivity contribution in [3.63, 3.8) is 0 Å². The van der Waals surface area contributed by atoms with Gasteiger partial charge in [0.2, 0.25) is 5.89 Å². The Morgan fingerprint density at radius 3 is 2.84 bits per heavy atom. The summed E-state index contributed by atoms with van der Waals surface area (Å²) in [6.45, 7) is 1.59. The fourth-order valence-corrected chi connectivity index (χ4v) is 1.62. The van der Waals surface area contributed by atoms with Crippen LogP contribution in [0.3, 0.4) is 0 Å². The predicted molar refractivity (Wildman–Crippen MR) is 66.8 cm³/mol. The molecule has 6 nitrogen and oxygen atoms in total. The van der Waals surface area contributed by atoms with Crippen LogP contribution < -0.4 is 4.74 Å². The standard InChI is InChI=1S/C13H14N2O4/c1-8(13(16)17)7-11-14-15-12(19-11)9-5-3-4-6-10(9)18-2/h3-6,8H,7H2,1-2H3,(H,16,17). The third-order valence-electron chi connectivity index (χ3n) is 2.71. The van der Waals surface area contributed by atoms with Gasteiger partial charge in [0.25, 0.3) is 5.89 Å². The number of aliphatic carboxylic acids is 1. The Morgan fingerprint density at radius 2 is 2.16 bits per heavy atom. The highest BCUT2D eigenvalue weighted by atomic mass is 16.5. The summed E-state index contributed by atoms with van der Waals surface area (Å²) in [6, 6.07) is 7.27. The van der Waals surface area contributed by atoms with Crippen LogP contribution >= 0.6 is 0 Å². The molecule has 19 heavy (non-hydrogen) atoms. The van der Waals surface area contributed by atoms with Crippen LogP contribution in [0.25, 0.3) is 11.5 Å². The lowest BCUT2D eigenvalue weighted by atomic mass is 10.1. The molecule has 0 aliphatic carbocycles. The smallest absolute Gasteiger partial charge is 0.306 e. The van der Waals surface area contributed by atoms with Gasteiger partial charge in [0.1, 0.15) is 5.75 Å². The molecule has 0 amide bonds. The summed E-state index contributed by atoms with van der Waals surface area (Å²) in [4.78, 5) is 10.8. The molecule has 0 saturated carbocycles. The second kappa shape index (κ2) is 5.51.